The number of benzene rings is 1. The van der Waals surface area contributed by atoms with E-state index in [0.29, 0.717) is 11.3 Å². The third kappa shape index (κ3) is 6.30. The summed E-state index contributed by atoms with van der Waals surface area (Å²) in [6.07, 6.45) is 1.09. The third-order valence-corrected chi connectivity index (χ3v) is 2.49. The van der Waals surface area contributed by atoms with Gasteiger partial charge in [0.2, 0.25) is 5.91 Å². The Labute approximate surface area is 130 Å². The maximum Gasteiger partial charge on any atom is 0.407 e. The van der Waals surface area contributed by atoms with E-state index in [1.807, 2.05) is 0 Å². The van der Waals surface area contributed by atoms with E-state index in [4.69, 9.17) is 15.2 Å². The van der Waals surface area contributed by atoms with Crippen LogP contribution in [0.1, 0.15) is 36.7 Å². The van der Waals surface area contributed by atoms with Crippen LogP contribution < -0.4 is 15.8 Å². The van der Waals surface area contributed by atoms with Gasteiger partial charge in [-0.2, -0.15) is 0 Å². The fourth-order valence-corrected chi connectivity index (χ4v) is 1.60. The molecule has 1 aromatic rings. The van der Waals surface area contributed by atoms with Crippen LogP contribution in [0.2, 0.25) is 0 Å². The Kier molecular flexibility index (Phi) is 5.98. The molecule has 2 amide bonds. The van der Waals surface area contributed by atoms with Crippen molar-refractivity contribution in [2.45, 2.75) is 26.4 Å². The van der Waals surface area contributed by atoms with Crippen molar-refractivity contribution in [3.05, 3.63) is 35.9 Å². The van der Waals surface area contributed by atoms with Crippen LogP contribution >= 0.6 is 0 Å². The zero-order chi connectivity index (χ0) is 16.8. The number of amides is 2. The molecular weight excluding hydrogens is 284 g/mol. The van der Waals surface area contributed by atoms with E-state index in [-0.39, 0.29) is 13.2 Å². The molecule has 0 spiro atoms. The molecular formula is C16H22N2O4. The number of ether oxygens (including phenoxy) is 2. The topological polar surface area (TPSA) is 90.7 Å². The molecule has 0 fully saturated rings. The summed E-state index contributed by atoms with van der Waals surface area (Å²) < 4.78 is 10.6. The number of primary amides is 1. The molecule has 3 N–H and O–H groups in total. The largest absolute Gasteiger partial charge is 0.492 e. The Morgan fingerprint density at radius 2 is 2.00 bits per heavy atom. The van der Waals surface area contributed by atoms with Crippen molar-refractivity contribution >= 4 is 18.1 Å². The quantitative estimate of drug-likeness (QED) is 0.789. The fourth-order valence-electron chi connectivity index (χ4n) is 1.60. The van der Waals surface area contributed by atoms with E-state index < -0.39 is 17.6 Å². The van der Waals surface area contributed by atoms with Gasteiger partial charge >= 0.3 is 6.09 Å². The minimum Gasteiger partial charge on any atom is -0.492 e. The summed E-state index contributed by atoms with van der Waals surface area (Å²) in [6, 6.07) is 4.90. The standard InChI is InChI=1S/C16H22N2O4/c1-5-11-8-12(14(17)19)10-13(9-11)21-7-6-18-15(20)22-16(2,3)4/h5,8-10H,1,6-7H2,2-4H3,(H2,17,19)(H,18,20). The van der Waals surface area contributed by atoms with Gasteiger partial charge in [0.05, 0.1) is 6.54 Å². The molecule has 120 valence electrons. The molecule has 1 aromatic carbocycles. The predicted molar refractivity (Wildman–Crippen MR) is 84.8 cm³/mol. The predicted octanol–water partition coefficient (Wildman–Crippen LogP) is 2.33. The van der Waals surface area contributed by atoms with Crippen LogP contribution in [-0.4, -0.2) is 30.8 Å². The van der Waals surface area contributed by atoms with Crippen LogP contribution in [-0.2, 0) is 4.74 Å². The molecule has 6 nitrogen and oxygen atoms in total. The van der Waals surface area contributed by atoms with Gasteiger partial charge in [-0.1, -0.05) is 12.7 Å². The van der Waals surface area contributed by atoms with E-state index in [1.165, 1.54) is 0 Å². The maximum atomic E-state index is 11.5. The molecule has 0 saturated carbocycles. The molecule has 0 aliphatic rings. The van der Waals surface area contributed by atoms with Crippen LogP contribution in [0.25, 0.3) is 6.08 Å². The van der Waals surface area contributed by atoms with Crippen LogP contribution in [0.15, 0.2) is 24.8 Å². The Balaban J connectivity index is 2.51. The first-order valence-corrected chi connectivity index (χ1v) is 6.88. The van der Waals surface area contributed by atoms with Crippen LogP contribution in [0.5, 0.6) is 5.75 Å². The zero-order valence-corrected chi connectivity index (χ0v) is 13.1. The molecule has 0 bridgehead atoms. The van der Waals surface area contributed by atoms with Gasteiger partial charge < -0.3 is 20.5 Å². The second-order valence-electron chi connectivity index (χ2n) is 5.64. The Hall–Kier alpha value is -2.50. The van der Waals surface area contributed by atoms with Gasteiger partial charge in [0.15, 0.2) is 0 Å². The lowest BCUT2D eigenvalue weighted by molar-refractivity contribution is 0.0520. The van der Waals surface area contributed by atoms with Crippen molar-refractivity contribution in [1.82, 2.24) is 5.32 Å². The lowest BCUT2D eigenvalue weighted by atomic mass is 10.1. The Bertz CT molecular complexity index is 562. The number of carbonyl (C=O) groups is 2. The smallest absolute Gasteiger partial charge is 0.407 e. The van der Waals surface area contributed by atoms with E-state index in [0.717, 1.165) is 5.56 Å². The first kappa shape index (κ1) is 17.6. The van der Waals surface area contributed by atoms with Gasteiger partial charge in [0.1, 0.15) is 18.0 Å². The number of rotatable bonds is 6. The second-order valence-corrected chi connectivity index (χ2v) is 5.64. The molecule has 0 aromatic heterocycles. The maximum absolute atomic E-state index is 11.5. The zero-order valence-electron chi connectivity index (χ0n) is 13.1. The van der Waals surface area contributed by atoms with Crippen molar-refractivity contribution in [2.24, 2.45) is 5.73 Å². The minimum absolute atomic E-state index is 0.234. The van der Waals surface area contributed by atoms with Crippen LogP contribution in [0, 0.1) is 0 Å². The summed E-state index contributed by atoms with van der Waals surface area (Å²) in [6.45, 7) is 9.52. The lowest BCUT2D eigenvalue weighted by Gasteiger charge is -2.19. The fraction of sp³-hybridized carbons (Fsp3) is 0.375. The highest BCUT2D eigenvalue weighted by atomic mass is 16.6. The number of carbonyl (C=O) groups excluding carboxylic acids is 2. The van der Waals surface area contributed by atoms with Crippen molar-refractivity contribution < 1.29 is 19.1 Å². The van der Waals surface area contributed by atoms with Gasteiger partial charge in [-0.05, 0) is 44.5 Å². The van der Waals surface area contributed by atoms with Gasteiger partial charge in [0.25, 0.3) is 0 Å². The summed E-state index contributed by atoms with van der Waals surface area (Å²) in [7, 11) is 0. The molecule has 0 atom stereocenters. The van der Waals surface area contributed by atoms with E-state index >= 15 is 0 Å². The highest BCUT2D eigenvalue weighted by molar-refractivity contribution is 5.93. The Morgan fingerprint density at radius 1 is 1.32 bits per heavy atom. The molecule has 0 aliphatic heterocycles. The number of hydrogen-bond donors (Lipinski definition) is 2. The number of alkyl carbamates (subject to hydrolysis) is 1. The molecule has 6 heteroatoms. The van der Waals surface area contributed by atoms with Crippen LogP contribution in [0.3, 0.4) is 0 Å². The SMILES string of the molecule is C=Cc1cc(OCCNC(=O)OC(C)(C)C)cc(C(N)=O)c1. The average Bonchev–Trinajstić information content (AvgIpc) is 2.41. The summed E-state index contributed by atoms with van der Waals surface area (Å²) in [5.41, 5.74) is 5.78. The first-order chi connectivity index (χ1) is 10.2. The minimum atomic E-state index is -0.542. The van der Waals surface area contributed by atoms with E-state index in [2.05, 4.69) is 11.9 Å². The Morgan fingerprint density at radius 3 is 2.55 bits per heavy atom. The normalized spacial score (nSPS) is 10.7. The molecule has 0 unspecified atom stereocenters. The van der Waals surface area contributed by atoms with Gasteiger partial charge in [-0.3, -0.25) is 4.79 Å². The number of nitrogens with one attached hydrogen (secondary N) is 1. The van der Waals surface area contributed by atoms with Crippen molar-refractivity contribution in [3.63, 3.8) is 0 Å². The third-order valence-electron chi connectivity index (χ3n) is 2.49. The molecule has 0 radical (unpaired) electrons. The first-order valence-electron chi connectivity index (χ1n) is 6.88. The van der Waals surface area contributed by atoms with E-state index in [9.17, 15) is 9.59 Å². The molecule has 0 aliphatic carbocycles. The van der Waals surface area contributed by atoms with E-state index in [1.54, 1.807) is 45.0 Å². The highest BCUT2D eigenvalue weighted by Gasteiger charge is 2.15. The van der Waals surface area contributed by atoms with Crippen LogP contribution in [0.4, 0.5) is 4.79 Å². The number of nitrogens with two attached hydrogens (primary N) is 1. The van der Waals surface area contributed by atoms with Gasteiger partial charge in [-0.25, -0.2) is 4.79 Å². The molecule has 22 heavy (non-hydrogen) atoms. The van der Waals surface area contributed by atoms with Crippen molar-refractivity contribution in [3.8, 4) is 5.75 Å². The van der Waals surface area contributed by atoms with Gasteiger partial charge in [0, 0.05) is 5.56 Å². The van der Waals surface area contributed by atoms with Crippen molar-refractivity contribution in [2.75, 3.05) is 13.2 Å². The average molecular weight is 306 g/mol. The number of hydrogen-bond acceptors (Lipinski definition) is 4. The molecule has 1 rings (SSSR count). The molecule has 0 heterocycles. The summed E-state index contributed by atoms with van der Waals surface area (Å²) in [5, 5.41) is 2.58. The second kappa shape index (κ2) is 7.49. The summed E-state index contributed by atoms with van der Waals surface area (Å²) >= 11 is 0. The summed E-state index contributed by atoms with van der Waals surface area (Å²) in [5.74, 6) is -0.0578. The summed E-state index contributed by atoms with van der Waals surface area (Å²) in [4.78, 5) is 22.7. The van der Waals surface area contributed by atoms with Crippen molar-refractivity contribution in [1.29, 1.82) is 0 Å². The van der Waals surface area contributed by atoms with Gasteiger partial charge in [-0.15, -0.1) is 0 Å². The lowest BCUT2D eigenvalue weighted by Crippen LogP contribution is -2.34. The highest BCUT2D eigenvalue weighted by Crippen LogP contribution is 2.18. The monoisotopic (exact) mass is 306 g/mol. The molecule has 0 saturated heterocycles.